The molecule has 1 unspecified atom stereocenters. The minimum absolute atomic E-state index is 0.0915. The maximum absolute atomic E-state index is 13.6. The molecule has 1 aromatic carbocycles. The van der Waals surface area contributed by atoms with Crippen LogP contribution in [-0.4, -0.2) is 12.0 Å². The highest BCUT2D eigenvalue weighted by molar-refractivity contribution is 5.22. The third-order valence-corrected chi connectivity index (χ3v) is 2.83. The molecule has 0 saturated carbocycles. The van der Waals surface area contributed by atoms with Crippen molar-refractivity contribution in [3.63, 3.8) is 0 Å². The monoisotopic (exact) mass is 248 g/mol. The van der Waals surface area contributed by atoms with Crippen molar-refractivity contribution < 1.29 is 8.78 Å². The molecule has 0 spiro atoms. The minimum atomic E-state index is -0.560. The maximum Gasteiger partial charge on any atom is 0.129 e. The predicted octanol–water partition coefficient (Wildman–Crippen LogP) is 2.86. The Kier molecular flexibility index (Phi) is 3.99. The van der Waals surface area contributed by atoms with Gasteiger partial charge in [-0.2, -0.15) is 0 Å². The molecule has 1 atom stereocenters. The van der Waals surface area contributed by atoms with Crippen LogP contribution in [0.4, 0.5) is 8.78 Å². The zero-order chi connectivity index (χ0) is 13.0. The third kappa shape index (κ3) is 2.90. The van der Waals surface area contributed by atoms with Crippen LogP contribution in [0.15, 0.2) is 42.6 Å². The van der Waals surface area contributed by atoms with Crippen molar-refractivity contribution in [1.82, 2.24) is 10.3 Å². The van der Waals surface area contributed by atoms with Gasteiger partial charge in [0.1, 0.15) is 11.6 Å². The number of benzene rings is 1. The molecule has 18 heavy (non-hydrogen) atoms. The van der Waals surface area contributed by atoms with E-state index in [2.05, 4.69) is 10.3 Å². The van der Waals surface area contributed by atoms with E-state index in [1.165, 1.54) is 12.1 Å². The van der Waals surface area contributed by atoms with Crippen molar-refractivity contribution in [3.05, 3.63) is 65.5 Å². The van der Waals surface area contributed by atoms with Gasteiger partial charge in [-0.3, -0.25) is 4.98 Å². The fraction of sp³-hybridized carbons (Fsp3) is 0.214. The first-order chi connectivity index (χ1) is 8.70. The highest BCUT2D eigenvalue weighted by Gasteiger charge is 2.14. The first kappa shape index (κ1) is 12.6. The summed E-state index contributed by atoms with van der Waals surface area (Å²) in [5, 5.41) is 3.09. The zero-order valence-electron chi connectivity index (χ0n) is 10.0. The average molecular weight is 248 g/mol. The normalized spacial score (nSPS) is 12.4. The number of rotatable bonds is 4. The van der Waals surface area contributed by atoms with Gasteiger partial charge in [-0.1, -0.05) is 12.1 Å². The Labute approximate surface area is 105 Å². The van der Waals surface area contributed by atoms with Gasteiger partial charge in [0, 0.05) is 12.3 Å². The fourth-order valence-corrected chi connectivity index (χ4v) is 1.84. The Hall–Kier alpha value is -1.81. The van der Waals surface area contributed by atoms with Crippen LogP contribution in [0.2, 0.25) is 0 Å². The van der Waals surface area contributed by atoms with Gasteiger partial charge in [0.2, 0.25) is 0 Å². The summed E-state index contributed by atoms with van der Waals surface area (Å²) in [5.41, 5.74) is 1.31. The van der Waals surface area contributed by atoms with E-state index < -0.39 is 11.6 Å². The first-order valence-electron chi connectivity index (χ1n) is 5.73. The second kappa shape index (κ2) is 5.69. The van der Waals surface area contributed by atoms with Crippen molar-refractivity contribution in [2.75, 3.05) is 7.05 Å². The van der Waals surface area contributed by atoms with E-state index in [0.29, 0.717) is 12.0 Å². The van der Waals surface area contributed by atoms with Gasteiger partial charge in [0.05, 0.1) is 11.7 Å². The Morgan fingerprint density at radius 1 is 1.22 bits per heavy atom. The lowest BCUT2D eigenvalue weighted by molar-refractivity contribution is 0.534. The summed E-state index contributed by atoms with van der Waals surface area (Å²) < 4.78 is 26.4. The summed E-state index contributed by atoms with van der Waals surface area (Å²) in [6, 6.07) is 9.14. The van der Waals surface area contributed by atoms with Gasteiger partial charge in [0.25, 0.3) is 0 Å². The molecule has 0 bridgehead atoms. The Morgan fingerprint density at radius 2 is 2.06 bits per heavy atom. The van der Waals surface area contributed by atoms with Crippen LogP contribution in [0.5, 0.6) is 0 Å². The summed E-state index contributed by atoms with van der Waals surface area (Å²) in [6.45, 7) is 0. The number of nitrogens with one attached hydrogen (secondary N) is 1. The van der Waals surface area contributed by atoms with Crippen molar-refractivity contribution in [3.8, 4) is 0 Å². The van der Waals surface area contributed by atoms with Crippen molar-refractivity contribution >= 4 is 0 Å². The number of halogens is 2. The Balaban J connectivity index is 2.21. The molecule has 1 aromatic heterocycles. The van der Waals surface area contributed by atoms with Gasteiger partial charge in [-0.15, -0.1) is 0 Å². The molecule has 1 heterocycles. The second-order valence-corrected chi connectivity index (χ2v) is 4.04. The zero-order valence-corrected chi connectivity index (χ0v) is 10.0. The SMILES string of the molecule is CNC(Cc1ccc(F)cc1F)c1ccccn1. The number of hydrogen-bond acceptors (Lipinski definition) is 2. The van der Waals surface area contributed by atoms with Gasteiger partial charge in [-0.25, -0.2) is 8.78 Å². The molecular weight excluding hydrogens is 234 g/mol. The molecule has 94 valence electrons. The van der Waals surface area contributed by atoms with Gasteiger partial charge < -0.3 is 5.32 Å². The predicted molar refractivity (Wildman–Crippen MR) is 66.1 cm³/mol. The molecule has 0 radical (unpaired) electrons. The lowest BCUT2D eigenvalue weighted by Crippen LogP contribution is -2.20. The number of nitrogens with zero attached hydrogens (tertiary/aromatic N) is 1. The number of pyridine rings is 1. The fourth-order valence-electron chi connectivity index (χ4n) is 1.84. The first-order valence-corrected chi connectivity index (χ1v) is 5.73. The number of hydrogen-bond donors (Lipinski definition) is 1. The van der Waals surface area contributed by atoms with Crippen LogP contribution in [0, 0.1) is 11.6 Å². The van der Waals surface area contributed by atoms with Crippen LogP contribution < -0.4 is 5.32 Å². The van der Waals surface area contributed by atoms with E-state index >= 15 is 0 Å². The summed E-state index contributed by atoms with van der Waals surface area (Å²) in [7, 11) is 1.79. The third-order valence-electron chi connectivity index (χ3n) is 2.83. The molecule has 2 aromatic rings. The van der Waals surface area contributed by atoms with Gasteiger partial charge >= 0.3 is 0 Å². The van der Waals surface area contributed by atoms with Crippen molar-refractivity contribution in [1.29, 1.82) is 0 Å². The lowest BCUT2D eigenvalue weighted by atomic mass is 10.0. The largest absolute Gasteiger partial charge is 0.311 e. The van der Waals surface area contributed by atoms with E-state index in [0.717, 1.165) is 11.8 Å². The standard InChI is InChI=1S/C14H14F2N2/c1-17-14(13-4-2-3-7-18-13)8-10-5-6-11(15)9-12(10)16/h2-7,9,14,17H,8H2,1H3. The molecule has 0 aliphatic rings. The smallest absolute Gasteiger partial charge is 0.129 e. The van der Waals surface area contributed by atoms with Gasteiger partial charge in [-0.05, 0) is 37.2 Å². The summed E-state index contributed by atoms with van der Waals surface area (Å²) in [4.78, 5) is 4.23. The topological polar surface area (TPSA) is 24.9 Å². The molecule has 0 aliphatic carbocycles. The molecule has 1 N–H and O–H groups in total. The molecular formula is C14H14F2N2. The number of likely N-dealkylation sites (N-methyl/N-ethyl adjacent to an activating group) is 1. The molecule has 0 amide bonds. The summed E-state index contributed by atoms with van der Waals surface area (Å²) in [5.74, 6) is -1.08. The van der Waals surface area contributed by atoms with Gasteiger partial charge in [0.15, 0.2) is 0 Å². The molecule has 0 fully saturated rings. The average Bonchev–Trinajstić information content (AvgIpc) is 2.39. The maximum atomic E-state index is 13.6. The Morgan fingerprint density at radius 3 is 2.67 bits per heavy atom. The highest BCUT2D eigenvalue weighted by atomic mass is 19.1. The molecule has 0 saturated heterocycles. The van der Waals surface area contributed by atoms with Crippen molar-refractivity contribution in [2.45, 2.75) is 12.5 Å². The molecule has 0 aliphatic heterocycles. The van der Waals surface area contributed by atoms with E-state index in [1.54, 1.807) is 13.2 Å². The highest BCUT2D eigenvalue weighted by Crippen LogP contribution is 2.18. The van der Waals surface area contributed by atoms with E-state index in [1.807, 2.05) is 18.2 Å². The second-order valence-electron chi connectivity index (χ2n) is 4.04. The van der Waals surface area contributed by atoms with Crippen LogP contribution in [-0.2, 0) is 6.42 Å². The molecule has 2 nitrogen and oxygen atoms in total. The molecule has 2 rings (SSSR count). The van der Waals surface area contributed by atoms with Crippen LogP contribution in [0.3, 0.4) is 0 Å². The van der Waals surface area contributed by atoms with Crippen LogP contribution in [0.25, 0.3) is 0 Å². The lowest BCUT2D eigenvalue weighted by Gasteiger charge is -2.16. The number of aromatic nitrogens is 1. The van der Waals surface area contributed by atoms with E-state index in [-0.39, 0.29) is 6.04 Å². The van der Waals surface area contributed by atoms with E-state index in [9.17, 15) is 8.78 Å². The summed E-state index contributed by atoms with van der Waals surface area (Å²) >= 11 is 0. The van der Waals surface area contributed by atoms with Crippen molar-refractivity contribution in [2.24, 2.45) is 0 Å². The van der Waals surface area contributed by atoms with Crippen LogP contribution in [0.1, 0.15) is 17.3 Å². The quantitative estimate of drug-likeness (QED) is 0.900. The summed E-state index contributed by atoms with van der Waals surface area (Å²) in [6.07, 6.45) is 2.13. The van der Waals surface area contributed by atoms with Crippen LogP contribution >= 0.6 is 0 Å². The Bertz CT molecular complexity index is 514. The molecule has 4 heteroatoms. The minimum Gasteiger partial charge on any atom is -0.311 e. The van der Waals surface area contributed by atoms with E-state index in [4.69, 9.17) is 0 Å².